The zero-order valence-corrected chi connectivity index (χ0v) is 19.3. The first-order valence-electron chi connectivity index (χ1n) is 10.9. The first-order valence-corrected chi connectivity index (χ1v) is 11.3. The molecule has 2 N–H and O–H groups in total. The lowest BCUT2D eigenvalue weighted by Gasteiger charge is -2.23. The molecule has 1 heterocycles. The maximum Gasteiger partial charge on any atom is 0.237 e. The van der Waals surface area contributed by atoms with Gasteiger partial charge in [-0.05, 0) is 30.2 Å². The molecule has 0 unspecified atom stereocenters. The number of nitrogens with zero attached hydrogens (tertiary/aromatic N) is 1. The molecule has 3 rings (SSSR count). The number of halogens is 1. The highest BCUT2D eigenvalue weighted by Gasteiger charge is 2.36. The molecule has 7 heteroatoms. The predicted molar refractivity (Wildman–Crippen MR) is 128 cm³/mol. The van der Waals surface area contributed by atoms with Crippen molar-refractivity contribution in [1.29, 1.82) is 0 Å². The van der Waals surface area contributed by atoms with Crippen LogP contribution >= 0.6 is 11.6 Å². The molecule has 2 aromatic carbocycles. The van der Waals surface area contributed by atoms with E-state index in [1.165, 1.54) is 0 Å². The number of likely N-dealkylation sites (tertiary alicyclic amines) is 1. The molecule has 1 saturated heterocycles. The number of ether oxygens (including phenoxy) is 2. The summed E-state index contributed by atoms with van der Waals surface area (Å²) in [7, 11) is 1.63. The normalized spacial score (nSPS) is 18.4. The molecule has 0 spiro atoms. The molecule has 2 atom stereocenters. The number of hydrogen-bond acceptors (Lipinski definition) is 5. The lowest BCUT2D eigenvalue weighted by Crippen LogP contribution is -2.43. The van der Waals surface area contributed by atoms with Crippen molar-refractivity contribution in [2.24, 2.45) is 0 Å². The fourth-order valence-electron chi connectivity index (χ4n) is 3.96. The number of nitrogens with one attached hydrogen (secondary N) is 2. The molecule has 1 aliphatic heterocycles. The fourth-order valence-corrected chi connectivity index (χ4v) is 4.17. The van der Waals surface area contributed by atoms with Gasteiger partial charge >= 0.3 is 0 Å². The monoisotopic (exact) mass is 457 g/mol. The molecular weight excluding hydrogens is 426 g/mol. The van der Waals surface area contributed by atoms with Crippen LogP contribution in [0.3, 0.4) is 0 Å². The predicted octanol–water partition coefficient (Wildman–Crippen LogP) is 3.40. The summed E-state index contributed by atoms with van der Waals surface area (Å²) < 4.78 is 10.8. The largest absolute Gasteiger partial charge is 0.489 e. The summed E-state index contributed by atoms with van der Waals surface area (Å²) in [5, 5.41) is 7.31. The Labute approximate surface area is 195 Å². The Morgan fingerprint density at radius 1 is 1.28 bits per heavy atom. The van der Waals surface area contributed by atoms with Gasteiger partial charge < -0.3 is 20.1 Å². The molecule has 2 aromatic rings. The number of amides is 1. The van der Waals surface area contributed by atoms with E-state index in [0.717, 1.165) is 29.8 Å². The Balaban J connectivity index is 1.65. The number of rotatable bonds is 12. The number of benzene rings is 2. The average Bonchev–Trinajstić information content (AvgIpc) is 3.19. The molecule has 1 amide bonds. The second kappa shape index (κ2) is 12.6. The number of carbonyl (C=O) groups is 1. The minimum absolute atomic E-state index is 0.0306. The number of methoxy groups -OCH3 is 1. The van der Waals surface area contributed by atoms with Crippen molar-refractivity contribution in [3.05, 3.63) is 77.3 Å². The van der Waals surface area contributed by atoms with Gasteiger partial charge in [0.15, 0.2) is 0 Å². The summed E-state index contributed by atoms with van der Waals surface area (Å²) in [6.45, 7) is 7.29. The lowest BCUT2D eigenvalue weighted by atomic mass is 10.1. The molecular formula is C25H32ClN3O3. The van der Waals surface area contributed by atoms with Gasteiger partial charge in [-0.15, -0.1) is 0 Å². The molecule has 32 heavy (non-hydrogen) atoms. The summed E-state index contributed by atoms with van der Waals surface area (Å²) in [6, 6.07) is 15.8. The Bertz CT molecular complexity index is 892. The minimum Gasteiger partial charge on any atom is -0.489 e. The standard InChI is InChI=1S/C25H32ClN3O3/c1-3-12-32-24-10-5-4-8-20(24)16-28-22-15-23(25(30)27-11-13-31-2)29(18-22)17-19-7-6-9-21(26)14-19/h3-10,14,22-23,28H,1,11-13,15-18H2,2H3,(H,27,30)/t22-,23+/m1/s1. The van der Waals surface area contributed by atoms with Crippen LogP contribution in [0.25, 0.3) is 0 Å². The van der Waals surface area contributed by atoms with Crippen molar-refractivity contribution in [3.8, 4) is 5.75 Å². The summed E-state index contributed by atoms with van der Waals surface area (Å²) in [4.78, 5) is 15.1. The lowest BCUT2D eigenvalue weighted by molar-refractivity contribution is -0.125. The van der Waals surface area contributed by atoms with Crippen molar-refractivity contribution >= 4 is 17.5 Å². The van der Waals surface area contributed by atoms with Crippen molar-refractivity contribution in [2.45, 2.75) is 31.6 Å². The molecule has 0 radical (unpaired) electrons. The van der Waals surface area contributed by atoms with Crippen molar-refractivity contribution in [2.75, 3.05) is 33.4 Å². The zero-order chi connectivity index (χ0) is 22.8. The van der Waals surface area contributed by atoms with E-state index in [1.54, 1.807) is 13.2 Å². The summed E-state index contributed by atoms with van der Waals surface area (Å²) in [5.41, 5.74) is 2.18. The second-order valence-corrected chi connectivity index (χ2v) is 8.32. The van der Waals surface area contributed by atoms with Gasteiger partial charge in [-0.2, -0.15) is 0 Å². The van der Waals surface area contributed by atoms with Crippen molar-refractivity contribution in [3.63, 3.8) is 0 Å². The van der Waals surface area contributed by atoms with Gasteiger partial charge in [0.1, 0.15) is 12.4 Å². The van der Waals surface area contributed by atoms with Crippen molar-refractivity contribution < 1.29 is 14.3 Å². The molecule has 0 bridgehead atoms. The molecule has 1 fully saturated rings. The SMILES string of the molecule is C=CCOc1ccccc1CN[C@@H]1C[C@@H](C(=O)NCCOC)N(Cc2cccc(Cl)c2)C1. The van der Waals surface area contributed by atoms with E-state index < -0.39 is 0 Å². The Kier molecular flexibility index (Phi) is 9.56. The molecule has 0 aliphatic carbocycles. The van der Waals surface area contributed by atoms with Gasteiger partial charge in [-0.1, -0.05) is 54.6 Å². The van der Waals surface area contributed by atoms with E-state index in [2.05, 4.69) is 28.2 Å². The topological polar surface area (TPSA) is 62.8 Å². The number of carbonyl (C=O) groups excluding carboxylic acids is 1. The van der Waals surface area contributed by atoms with E-state index >= 15 is 0 Å². The van der Waals surface area contributed by atoms with E-state index in [0.29, 0.717) is 37.9 Å². The van der Waals surface area contributed by atoms with Crippen LogP contribution in [0.5, 0.6) is 5.75 Å². The second-order valence-electron chi connectivity index (χ2n) is 7.88. The summed E-state index contributed by atoms with van der Waals surface area (Å²) in [6.07, 6.45) is 2.47. The summed E-state index contributed by atoms with van der Waals surface area (Å²) in [5.74, 6) is 0.880. The highest BCUT2D eigenvalue weighted by Crippen LogP contribution is 2.24. The smallest absolute Gasteiger partial charge is 0.237 e. The highest BCUT2D eigenvalue weighted by atomic mass is 35.5. The number of hydrogen-bond donors (Lipinski definition) is 2. The van der Waals surface area contributed by atoms with Gasteiger partial charge in [-0.3, -0.25) is 9.69 Å². The first-order chi connectivity index (χ1) is 15.6. The number of para-hydroxylation sites is 1. The zero-order valence-electron chi connectivity index (χ0n) is 18.6. The van der Waals surface area contributed by atoms with E-state index in [4.69, 9.17) is 21.1 Å². The van der Waals surface area contributed by atoms with Crippen LogP contribution in [-0.4, -0.2) is 56.3 Å². The third-order valence-corrected chi connectivity index (χ3v) is 5.73. The van der Waals surface area contributed by atoms with Crippen LogP contribution in [0.2, 0.25) is 5.02 Å². The Morgan fingerprint density at radius 3 is 2.91 bits per heavy atom. The Hall–Kier alpha value is -2.38. The van der Waals surface area contributed by atoms with Gasteiger partial charge in [0, 0.05) is 49.9 Å². The third kappa shape index (κ3) is 7.07. The minimum atomic E-state index is -0.212. The van der Waals surface area contributed by atoms with Gasteiger partial charge in [0.25, 0.3) is 0 Å². The first kappa shape index (κ1) is 24.3. The molecule has 172 valence electrons. The molecule has 6 nitrogen and oxygen atoms in total. The van der Waals surface area contributed by atoms with Crippen LogP contribution in [0, 0.1) is 0 Å². The quantitative estimate of drug-likeness (QED) is 0.378. The summed E-state index contributed by atoms with van der Waals surface area (Å²) >= 11 is 6.17. The van der Waals surface area contributed by atoms with Gasteiger partial charge in [-0.25, -0.2) is 0 Å². The van der Waals surface area contributed by atoms with Crippen LogP contribution in [-0.2, 0) is 22.6 Å². The third-order valence-electron chi connectivity index (χ3n) is 5.50. The molecule has 0 aromatic heterocycles. The van der Waals surface area contributed by atoms with Gasteiger partial charge in [0.2, 0.25) is 5.91 Å². The van der Waals surface area contributed by atoms with E-state index in [-0.39, 0.29) is 18.0 Å². The van der Waals surface area contributed by atoms with Crippen LogP contribution in [0.1, 0.15) is 17.5 Å². The Morgan fingerprint density at radius 2 is 2.12 bits per heavy atom. The maximum absolute atomic E-state index is 12.9. The highest BCUT2D eigenvalue weighted by molar-refractivity contribution is 6.30. The van der Waals surface area contributed by atoms with Crippen molar-refractivity contribution in [1.82, 2.24) is 15.5 Å². The maximum atomic E-state index is 12.9. The van der Waals surface area contributed by atoms with Crippen LogP contribution < -0.4 is 15.4 Å². The van der Waals surface area contributed by atoms with Crippen LogP contribution in [0.4, 0.5) is 0 Å². The molecule has 0 saturated carbocycles. The van der Waals surface area contributed by atoms with Crippen LogP contribution in [0.15, 0.2) is 61.2 Å². The van der Waals surface area contributed by atoms with Gasteiger partial charge in [0.05, 0.1) is 12.6 Å². The van der Waals surface area contributed by atoms with E-state index in [1.807, 2.05) is 42.5 Å². The molecule has 1 aliphatic rings. The van der Waals surface area contributed by atoms with E-state index in [9.17, 15) is 4.79 Å². The fraction of sp³-hybridized carbons (Fsp3) is 0.400. The average molecular weight is 458 g/mol.